The zero-order chi connectivity index (χ0) is 15.1. The van der Waals surface area contributed by atoms with Crippen molar-refractivity contribution in [3.05, 3.63) is 0 Å². The summed E-state index contributed by atoms with van der Waals surface area (Å²) in [5.74, 6) is 1.88. The van der Waals surface area contributed by atoms with E-state index in [9.17, 15) is 0 Å². The lowest BCUT2D eigenvalue weighted by Gasteiger charge is -2.41. The van der Waals surface area contributed by atoms with Crippen molar-refractivity contribution in [3.63, 3.8) is 0 Å². The molecule has 21 heavy (non-hydrogen) atoms. The molecule has 0 aromatic carbocycles. The number of nitrogens with one attached hydrogen (secondary N) is 2. The molecule has 0 radical (unpaired) electrons. The minimum absolute atomic E-state index is 0.547. The Hall–Kier alpha value is -0.770. The van der Waals surface area contributed by atoms with Crippen LogP contribution < -0.4 is 10.6 Å². The minimum atomic E-state index is 0.547. The molecule has 2 fully saturated rings. The van der Waals surface area contributed by atoms with E-state index < -0.39 is 0 Å². The van der Waals surface area contributed by atoms with Crippen molar-refractivity contribution in [2.75, 3.05) is 40.3 Å². The van der Waals surface area contributed by atoms with E-state index in [1.54, 1.807) is 0 Å². The summed E-state index contributed by atoms with van der Waals surface area (Å²) in [7, 11) is 4.11. The van der Waals surface area contributed by atoms with Gasteiger partial charge in [0.2, 0.25) is 0 Å². The Morgan fingerprint density at radius 1 is 1.24 bits per heavy atom. The molecule has 2 rings (SSSR count). The van der Waals surface area contributed by atoms with E-state index >= 15 is 0 Å². The van der Waals surface area contributed by atoms with E-state index in [0.717, 1.165) is 25.0 Å². The zero-order valence-electron chi connectivity index (χ0n) is 14.2. The van der Waals surface area contributed by atoms with Crippen LogP contribution in [0.25, 0.3) is 0 Å². The monoisotopic (exact) mass is 294 g/mol. The number of aliphatic imine (C=N–C) groups is 1. The average Bonchev–Trinajstić information content (AvgIpc) is 2.46. The Balaban J connectivity index is 1.61. The Kier molecular flexibility index (Phi) is 6.34. The first-order valence-corrected chi connectivity index (χ1v) is 8.80. The fourth-order valence-corrected chi connectivity index (χ4v) is 3.57. The molecule has 1 heterocycles. The van der Waals surface area contributed by atoms with Gasteiger partial charge in [0.1, 0.15) is 0 Å². The second kappa shape index (κ2) is 8.02. The first-order valence-electron chi connectivity index (χ1n) is 8.80. The average molecular weight is 294 g/mol. The number of guanidine groups is 1. The summed E-state index contributed by atoms with van der Waals surface area (Å²) in [5.41, 5.74) is 0.547. The molecule has 1 saturated heterocycles. The van der Waals surface area contributed by atoms with E-state index in [0.29, 0.717) is 5.41 Å². The molecule has 0 unspecified atom stereocenters. The molecule has 2 aliphatic rings. The van der Waals surface area contributed by atoms with E-state index in [2.05, 4.69) is 34.5 Å². The van der Waals surface area contributed by atoms with Gasteiger partial charge < -0.3 is 15.5 Å². The molecule has 0 amide bonds. The lowest BCUT2D eigenvalue weighted by atomic mass is 9.67. The summed E-state index contributed by atoms with van der Waals surface area (Å²) in [4.78, 5) is 6.80. The molecule has 4 nitrogen and oxygen atoms in total. The van der Waals surface area contributed by atoms with Gasteiger partial charge >= 0.3 is 0 Å². The Labute approximate surface area is 130 Å². The fraction of sp³-hybridized carbons (Fsp3) is 0.941. The van der Waals surface area contributed by atoms with Crippen molar-refractivity contribution in [3.8, 4) is 0 Å². The third kappa shape index (κ3) is 4.87. The van der Waals surface area contributed by atoms with Crippen molar-refractivity contribution >= 4 is 5.96 Å². The normalized spacial score (nSPS) is 23.7. The topological polar surface area (TPSA) is 39.7 Å². The predicted molar refractivity (Wildman–Crippen MR) is 90.8 cm³/mol. The van der Waals surface area contributed by atoms with Crippen LogP contribution in [0.2, 0.25) is 0 Å². The molecule has 1 aliphatic heterocycles. The van der Waals surface area contributed by atoms with Crippen molar-refractivity contribution in [1.29, 1.82) is 0 Å². The van der Waals surface area contributed by atoms with Gasteiger partial charge in [-0.05, 0) is 70.0 Å². The smallest absolute Gasteiger partial charge is 0.190 e. The van der Waals surface area contributed by atoms with Crippen LogP contribution in [0.1, 0.15) is 51.9 Å². The van der Waals surface area contributed by atoms with E-state index in [1.807, 2.05) is 7.05 Å². The van der Waals surface area contributed by atoms with Gasteiger partial charge in [0.05, 0.1) is 0 Å². The number of nitrogens with zero attached hydrogens (tertiary/aromatic N) is 2. The van der Waals surface area contributed by atoms with E-state index in [-0.39, 0.29) is 0 Å². The Morgan fingerprint density at radius 2 is 1.95 bits per heavy atom. The molecule has 1 aliphatic carbocycles. The second-order valence-corrected chi connectivity index (χ2v) is 7.09. The molecule has 2 N–H and O–H groups in total. The van der Waals surface area contributed by atoms with E-state index in [1.165, 1.54) is 58.0 Å². The van der Waals surface area contributed by atoms with Gasteiger partial charge in [0, 0.05) is 20.1 Å². The minimum Gasteiger partial charge on any atom is -0.356 e. The zero-order valence-corrected chi connectivity index (χ0v) is 14.2. The highest BCUT2D eigenvalue weighted by molar-refractivity contribution is 5.79. The standard InChI is InChI=1S/C17H34N4/c1-4-17(9-5-10-17)14-20-16(18-2)19-11-6-15-7-12-21(3)13-8-15/h15H,4-14H2,1-3H3,(H2,18,19,20). The molecule has 4 heteroatoms. The number of likely N-dealkylation sites (tertiary alicyclic amines) is 1. The van der Waals surface area contributed by atoms with Crippen molar-refractivity contribution in [2.45, 2.75) is 51.9 Å². The van der Waals surface area contributed by atoms with Gasteiger partial charge in [-0.2, -0.15) is 0 Å². The Bertz CT molecular complexity index is 322. The molecule has 0 bridgehead atoms. The first-order chi connectivity index (χ1) is 10.2. The van der Waals surface area contributed by atoms with Crippen molar-refractivity contribution < 1.29 is 0 Å². The molecular formula is C17H34N4. The lowest BCUT2D eigenvalue weighted by molar-refractivity contribution is 0.131. The van der Waals surface area contributed by atoms with Crippen LogP contribution in [0.4, 0.5) is 0 Å². The van der Waals surface area contributed by atoms with E-state index in [4.69, 9.17) is 0 Å². The molecule has 0 aromatic heterocycles. The summed E-state index contributed by atoms with van der Waals surface area (Å²) in [6.07, 6.45) is 9.41. The summed E-state index contributed by atoms with van der Waals surface area (Å²) < 4.78 is 0. The lowest BCUT2D eigenvalue weighted by Crippen LogP contribution is -2.46. The van der Waals surface area contributed by atoms with Gasteiger partial charge in [-0.15, -0.1) is 0 Å². The molecule has 122 valence electrons. The van der Waals surface area contributed by atoms with Gasteiger partial charge in [-0.3, -0.25) is 4.99 Å². The highest BCUT2D eigenvalue weighted by Crippen LogP contribution is 2.42. The molecule has 0 aromatic rings. The van der Waals surface area contributed by atoms with Crippen LogP contribution in [0.3, 0.4) is 0 Å². The fourth-order valence-electron chi connectivity index (χ4n) is 3.57. The van der Waals surface area contributed by atoms with Crippen LogP contribution in [0.5, 0.6) is 0 Å². The third-order valence-electron chi connectivity index (χ3n) is 5.70. The molecule has 0 spiro atoms. The predicted octanol–water partition coefficient (Wildman–Crippen LogP) is 2.46. The van der Waals surface area contributed by atoms with Crippen LogP contribution in [-0.4, -0.2) is 51.1 Å². The third-order valence-corrected chi connectivity index (χ3v) is 5.70. The van der Waals surface area contributed by atoms with Crippen LogP contribution in [0, 0.1) is 11.3 Å². The summed E-state index contributed by atoms with van der Waals surface area (Å²) >= 11 is 0. The molecular weight excluding hydrogens is 260 g/mol. The highest BCUT2D eigenvalue weighted by Gasteiger charge is 2.34. The number of hydrogen-bond acceptors (Lipinski definition) is 2. The number of hydrogen-bond donors (Lipinski definition) is 2. The second-order valence-electron chi connectivity index (χ2n) is 7.09. The maximum Gasteiger partial charge on any atom is 0.190 e. The SMILES string of the molecule is CCC1(CNC(=NC)NCCC2CCN(C)CC2)CCC1. The number of rotatable bonds is 6. The summed E-state index contributed by atoms with van der Waals surface area (Å²) in [6.45, 7) is 6.97. The van der Waals surface area contributed by atoms with Crippen LogP contribution >= 0.6 is 0 Å². The van der Waals surface area contributed by atoms with Crippen molar-refractivity contribution in [1.82, 2.24) is 15.5 Å². The van der Waals surface area contributed by atoms with Gasteiger partial charge in [0.25, 0.3) is 0 Å². The first kappa shape index (κ1) is 16.6. The number of piperidine rings is 1. The highest BCUT2D eigenvalue weighted by atomic mass is 15.2. The Morgan fingerprint density at radius 3 is 2.48 bits per heavy atom. The summed E-state index contributed by atoms with van der Waals surface area (Å²) in [5, 5.41) is 7.04. The van der Waals surface area contributed by atoms with Crippen LogP contribution in [0.15, 0.2) is 4.99 Å². The maximum atomic E-state index is 4.36. The van der Waals surface area contributed by atoms with Gasteiger partial charge in [-0.1, -0.05) is 13.3 Å². The maximum absolute atomic E-state index is 4.36. The van der Waals surface area contributed by atoms with Crippen molar-refractivity contribution in [2.24, 2.45) is 16.3 Å². The largest absolute Gasteiger partial charge is 0.356 e. The summed E-state index contributed by atoms with van der Waals surface area (Å²) in [6, 6.07) is 0. The van der Waals surface area contributed by atoms with Gasteiger partial charge in [-0.25, -0.2) is 0 Å². The molecule has 0 atom stereocenters. The quantitative estimate of drug-likeness (QED) is 0.584. The molecule has 1 saturated carbocycles. The van der Waals surface area contributed by atoms with Crippen LogP contribution in [-0.2, 0) is 0 Å². The van der Waals surface area contributed by atoms with Gasteiger partial charge in [0.15, 0.2) is 5.96 Å².